The van der Waals surface area contributed by atoms with E-state index in [9.17, 15) is 9.59 Å². The van der Waals surface area contributed by atoms with Gasteiger partial charge in [0.15, 0.2) is 0 Å². The monoisotopic (exact) mass is 395 g/mol. The molecule has 7 heteroatoms. The van der Waals surface area contributed by atoms with Gasteiger partial charge in [-0.25, -0.2) is 0 Å². The lowest BCUT2D eigenvalue weighted by Crippen LogP contribution is -2.50. The van der Waals surface area contributed by atoms with E-state index in [1.54, 1.807) is 32.4 Å². The molecular weight excluding hydrogens is 370 g/mol. The lowest BCUT2D eigenvalue weighted by molar-refractivity contribution is 0.0719. The van der Waals surface area contributed by atoms with Crippen LogP contribution in [0.1, 0.15) is 39.1 Å². The highest BCUT2D eigenvalue weighted by Gasteiger charge is 2.38. The molecule has 0 aliphatic carbocycles. The van der Waals surface area contributed by atoms with Gasteiger partial charge in [-0.15, -0.1) is 0 Å². The molecule has 0 bridgehead atoms. The molecule has 1 N–H and O–H groups in total. The van der Waals surface area contributed by atoms with Crippen molar-refractivity contribution in [3.63, 3.8) is 0 Å². The molecule has 4 rings (SSSR count). The smallest absolute Gasteiger partial charge is 0.257 e. The first kappa shape index (κ1) is 19.1. The number of hydrogen-bond acceptors (Lipinski definition) is 5. The minimum absolute atomic E-state index is 0.0497. The van der Waals surface area contributed by atoms with Crippen LogP contribution in [0.4, 0.5) is 5.69 Å². The first-order valence-electron chi connectivity index (χ1n) is 9.70. The summed E-state index contributed by atoms with van der Waals surface area (Å²) < 4.78 is 10.6. The molecule has 29 heavy (non-hydrogen) atoms. The summed E-state index contributed by atoms with van der Waals surface area (Å²) in [4.78, 5) is 29.5. The summed E-state index contributed by atoms with van der Waals surface area (Å²) in [5.74, 6) is 1.23. The van der Waals surface area contributed by atoms with Gasteiger partial charge in [-0.2, -0.15) is 0 Å². The number of nitrogens with one attached hydrogen (secondary N) is 1. The first-order chi connectivity index (χ1) is 14.0. The number of hydrogen-bond donors (Lipinski definition) is 1. The third-order valence-corrected chi connectivity index (χ3v) is 5.73. The number of amides is 2. The second-order valence-electron chi connectivity index (χ2n) is 7.32. The normalized spacial score (nSPS) is 17.6. The van der Waals surface area contributed by atoms with Crippen molar-refractivity contribution >= 4 is 17.5 Å². The van der Waals surface area contributed by atoms with Gasteiger partial charge in [0.05, 0.1) is 25.5 Å². The van der Waals surface area contributed by atoms with E-state index in [2.05, 4.69) is 10.2 Å². The van der Waals surface area contributed by atoms with E-state index in [0.717, 1.165) is 30.6 Å². The van der Waals surface area contributed by atoms with Crippen LogP contribution in [0, 0.1) is 0 Å². The fourth-order valence-corrected chi connectivity index (χ4v) is 4.15. The summed E-state index contributed by atoms with van der Waals surface area (Å²) >= 11 is 0. The van der Waals surface area contributed by atoms with Crippen molar-refractivity contribution in [1.29, 1.82) is 0 Å². The fraction of sp³-hybridized carbons (Fsp3) is 0.364. The number of anilines is 1. The number of methoxy groups -OCH3 is 2. The number of benzene rings is 2. The molecule has 2 aromatic carbocycles. The van der Waals surface area contributed by atoms with Crippen LogP contribution in [0.5, 0.6) is 11.5 Å². The number of fused-ring (bicyclic) bond motifs is 2. The molecule has 2 amide bonds. The second kappa shape index (κ2) is 7.66. The van der Waals surface area contributed by atoms with Crippen LogP contribution in [-0.2, 0) is 6.54 Å². The van der Waals surface area contributed by atoms with Crippen LogP contribution in [0.25, 0.3) is 0 Å². The summed E-state index contributed by atoms with van der Waals surface area (Å²) in [6.07, 6.45) is 2.03. The largest absolute Gasteiger partial charge is 0.497 e. The van der Waals surface area contributed by atoms with Gasteiger partial charge in [0.25, 0.3) is 11.8 Å². The minimum Gasteiger partial charge on any atom is -0.497 e. The SMILES string of the molecule is COc1ccc(OC)c(CNC(=O)c2ccc3c(c2)N(C)C2CCCN2C3=O)c1. The van der Waals surface area contributed by atoms with Crippen LogP contribution in [-0.4, -0.2) is 50.7 Å². The van der Waals surface area contributed by atoms with Gasteiger partial charge in [0, 0.05) is 31.3 Å². The number of carbonyl (C=O) groups is 2. The van der Waals surface area contributed by atoms with Crippen molar-refractivity contribution in [3.05, 3.63) is 53.1 Å². The molecule has 152 valence electrons. The Morgan fingerprint density at radius 3 is 2.76 bits per heavy atom. The van der Waals surface area contributed by atoms with Crippen molar-refractivity contribution in [1.82, 2.24) is 10.2 Å². The van der Waals surface area contributed by atoms with E-state index in [1.165, 1.54) is 0 Å². The molecule has 0 spiro atoms. The van der Waals surface area contributed by atoms with Crippen LogP contribution >= 0.6 is 0 Å². The molecule has 2 aromatic rings. The fourth-order valence-electron chi connectivity index (χ4n) is 4.15. The number of rotatable bonds is 5. The first-order valence-corrected chi connectivity index (χ1v) is 9.70. The number of ether oxygens (including phenoxy) is 2. The standard InChI is InChI=1S/C22H25N3O4/c1-24-18-12-14(6-8-17(18)22(27)25-10-4-5-20(24)25)21(26)23-13-15-11-16(28-2)7-9-19(15)29-3/h6-9,11-12,20H,4-5,10,13H2,1-3H3,(H,23,26). The van der Waals surface area contributed by atoms with Crippen molar-refractivity contribution in [2.24, 2.45) is 0 Å². The second-order valence-corrected chi connectivity index (χ2v) is 7.32. The van der Waals surface area contributed by atoms with Crippen LogP contribution in [0.15, 0.2) is 36.4 Å². The average Bonchev–Trinajstić information content (AvgIpc) is 3.25. The number of carbonyl (C=O) groups excluding carboxylic acids is 2. The van der Waals surface area contributed by atoms with E-state index in [-0.39, 0.29) is 18.0 Å². The predicted octanol–water partition coefficient (Wildman–Crippen LogP) is 2.65. The maximum atomic E-state index is 12.8. The van der Waals surface area contributed by atoms with E-state index >= 15 is 0 Å². The van der Waals surface area contributed by atoms with Gasteiger partial charge in [-0.3, -0.25) is 9.59 Å². The van der Waals surface area contributed by atoms with Gasteiger partial charge in [-0.1, -0.05) is 0 Å². The molecule has 1 unspecified atom stereocenters. The maximum absolute atomic E-state index is 12.8. The average molecular weight is 395 g/mol. The van der Waals surface area contributed by atoms with Crippen molar-refractivity contribution in [2.75, 3.05) is 32.7 Å². The van der Waals surface area contributed by atoms with Gasteiger partial charge in [0.1, 0.15) is 17.7 Å². The predicted molar refractivity (Wildman–Crippen MR) is 110 cm³/mol. The Hall–Kier alpha value is -3.22. The maximum Gasteiger partial charge on any atom is 0.257 e. The van der Waals surface area contributed by atoms with Crippen molar-refractivity contribution in [2.45, 2.75) is 25.6 Å². The molecular formula is C22H25N3O4. The summed E-state index contributed by atoms with van der Waals surface area (Å²) in [6, 6.07) is 10.7. The van der Waals surface area contributed by atoms with Crippen molar-refractivity contribution in [3.8, 4) is 11.5 Å². The van der Waals surface area contributed by atoms with Crippen molar-refractivity contribution < 1.29 is 19.1 Å². The molecule has 1 saturated heterocycles. The number of nitrogens with zero attached hydrogens (tertiary/aromatic N) is 2. The molecule has 7 nitrogen and oxygen atoms in total. The Bertz CT molecular complexity index is 959. The molecule has 2 heterocycles. The Kier molecular flexibility index (Phi) is 5.05. The Balaban J connectivity index is 1.54. The highest BCUT2D eigenvalue weighted by molar-refractivity contribution is 6.04. The van der Waals surface area contributed by atoms with Gasteiger partial charge in [-0.05, 0) is 49.2 Å². The summed E-state index contributed by atoms with van der Waals surface area (Å²) in [6.45, 7) is 1.10. The molecule has 2 aliphatic heterocycles. The van der Waals surface area contributed by atoms with E-state index in [4.69, 9.17) is 9.47 Å². The van der Waals surface area contributed by atoms with Gasteiger partial charge < -0.3 is 24.6 Å². The minimum atomic E-state index is -0.202. The third kappa shape index (κ3) is 3.37. The summed E-state index contributed by atoms with van der Waals surface area (Å²) in [7, 11) is 5.17. The van der Waals surface area contributed by atoms with E-state index < -0.39 is 0 Å². The van der Waals surface area contributed by atoms with E-state index in [1.807, 2.05) is 30.1 Å². The van der Waals surface area contributed by atoms with Crippen LogP contribution in [0.3, 0.4) is 0 Å². The quantitative estimate of drug-likeness (QED) is 0.843. The Labute approximate surface area is 170 Å². The highest BCUT2D eigenvalue weighted by atomic mass is 16.5. The highest BCUT2D eigenvalue weighted by Crippen LogP contribution is 2.35. The molecule has 0 radical (unpaired) electrons. The Morgan fingerprint density at radius 2 is 2.00 bits per heavy atom. The van der Waals surface area contributed by atoms with Gasteiger partial charge >= 0.3 is 0 Å². The molecule has 1 fully saturated rings. The van der Waals surface area contributed by atoms with E-state index in [0.29, 0.717) is 29.2 Å². The zero-order valence-corrected chi connectivity index (χ0v) is 16.9. The van der Waals surface area contributed by atoms with Crippen LogP contribution < -0.4 is 19.7 Å². The molecule has 0 aromatic heterocycles. The van der Waals surface area contributed by atoms with Crippen LogP contribution in [0.2, 0.25) is 0 Å². The Morgan fingerprint density at radius 1 is 1.17 bits per heavy atom. The zero-order valence-electron chi connectivity index (χ0n) is 16.9. The topological polar surface area (TPSA) is 71.1 Å². The molecule has 1 atom stereocenters. The zero-order chi connectivity index (χ0) is 20.5. The molecule has 0 saturated carbocycles. The summed E-state index contributed by atoms with van der Waals surface area (Å²) in [5.41, 5.74) is 2.81. The lowest BCUT2D eigenvalue weighted by Gasteiger charge is -2.40. The lowest BCUT2D eigenvalue weighted by atomic mass is 10.0. The molecule has 2 aliphatic rings. The van der Waals surface area contributed by atoms with Gasteiger partial charge in [0.2, 0.25) is 0 Å². The summed E-state index contributed by atoms with van der Waals surface area (Å²) in [5, 5.41) is 2.93. The third-order valence-electron chi connectivity index (χ3n) is 5.73.